The van der Waals surface area contributed by atoms with Crippen LogP contribution in [0, 0.1) is 35.3 Å². The highest BCUT2D eigenvalue weighted by Gasteiger charge is 2.53. The van der Waals surface area contributed by atoms with Crippen LogP contribution in [0.2, 0.25) is 0 Å². The molecule has 10 heteroatoms. The average Bonchev–Trinajstić information content (AvgIpc) is 3.53. The largest absolute Gasteiger partial charge is 0.392 e. The minimum atomic E-state index is -0.443. The van der Waals surface area contributed by atoms with Crippen LogP contribution in [0.25, 0.3) is 5.65 Å². The highest BCUT2D eigenvalue weighted by Crippen LogP contribution is 2.53. The molecular formula is C27H30F2N6OS. The predicted octanol–water partition coefficient (Wildman–Crippen LogP) is 4.43. The Morgan fingerprint density at radius 3 is 2.86 bits per heavy atom. The van der Waals surface area contributed by atoms with Crippen molar-refractivity contribution < 1.29 is 13.9 Å². The Hall–Kier alpha value is -2.85. The first-order valence-electron chi connectivity index (χ1n) is 13.3. The van der Waals surface area contributed by atoms with E-state index in [9.17, 15) is 13.9 Å². The van der Waals surface area contributed by atoms with Gasteiger partial charge in [-0.2, -0.15) is 5.10 Å². The molecule has 1 saturated heterocycles. The van der Waals surface area contributed by atoms with Crippen LogP contribution in [0.3, 0.4) is 0 Å². The third-order valence-corrected chi connectivity index (χ3v) is 9.36. The van der Waals surface area contributed by atoms with Crippen molar-refractivity contribution in [1.29, 1.82) is 0 Å². The summed E-state index contributed by atoms with van der Waals surface area (Å²) in [5.41, 5.74) is 1.64. The standard InChI is InChI=1S/C27H30F2N6OS/c28-17-3-4-20(29)18(12-17)22-2-1-6-34(22)23-5-7-35-26(32-23)21(13-30-35)31-27(37)33-24-15-8-14-9-16(11-15)25(36)19(24)10-14/h3-5,7,12-16,19,22,24-25,36H,1-2,6,8-11H2,(H2,31,33,37)/t14?,15?,16?,19?,22-,24?,25?/m1/s1. The number of aliphatic hydroxyl groups excluding tert-OH is 1. The maximum absolute atomic E-state index is 14.6. The fraction of sp³-hybridized carbons (Fsp3) is 0.519. The Kier molecular flexibility index (Phi) is 5.58. The van der Waals surface area contributed by atoms with Gasteiger partial charge in [0.2, 0.25) is 0 Å². The van der Waals surface area contributed by atoms with Gasteiger partial charge in [-0.1, -0.05) is 0 Å². The minimum Gasteiger partial charge on any atom is -0.392 e. The Morgan fingerprint density at radius 1 is 1.11 bits per heavy atom. The van der Waals surface area contributed by atoms with Gasteiger partial charge in [0.15, 0.2) is 10.8 Å². The van der Waals surface area contributed by atoms with Crippen molar-refractivity contribution in [3.8, 4) is 0 Å². The number of nitrogens with one attached hydrogen (secondary N) is 2. The van der Waals surface area contributed by atoms with Crippen molar-refractivity contribution in [3.63, 3.8) is 0 Å². The molecule has 0 amide bonds. The van der Waals surface area contributed by atoms with Crippen molar-refractivity contribution in [2.45, 2.75) is 56.7 Å². The van der Waals surface area contributed by atoms with Gasteiger partial charge in [-0.3, -0.25) is 0 Å². The van der Waals surface area contributed by atoms with E-state index in [1.165, 1.54) is 25.0 Å². The molecule has 3 heterocycles. The maximum Gasteiger partial charge on any atom is 0.180 e. The average molecular weight is 525 g/mol. The van der Waals surface area contributed by atoms with Crippen molar-refractivity contribution in [2.24, 2.45) is 23.7 Å². The van der Waals surface area contributed by atoms with Gasteiger partial charge in [-0.15, -0.1) is 0 Å². The van der Waals surface area contributed by atoms with E-state index in [4.69, 9.17) is 17.2 Å². The van der Waals surface area contributed by atoms with Gasteiger partial charge in [0.05, 0.1) is 18.3 Å². The number of aliphatic hydroxyl groups is 1. The molecule has 5 aliphatic rings. The van der Waals surface area contributed by atoms with Crippen LogP contribution in [-0.4, -0.2) is 43.5 Å². The molecule has 4 saturated carbocycles. The highest BCUT2D eigenvalue weighted by atomic mass is 32.1. The second-order valence-electron chi connectivity index (χ2n) is 11.2. The molecule has 194 valence electrons. The number of rotatable bonds is 4. The van der Waals surface area contributed by atoms with Gasteiger partial charge in [-0.25, -0.2) is 18.3 Å². The van der Waals surface area contributed by atoms with Crippen molar-refractivity contribution in [2.75, 3.05) is 16.8 Å². The number of aromatic nitrogens is 3. The van der Waals surface area contributed by atoms with Crippen molar-refractivity contribution in [1.82, 2.24) is 19.9 Å². The normalized spacial score (nSPS) is 32.3. The molecule has 4 aliphatic carbocycles. The quantitative estimate of drug-likeness (QED) is 0.436. The topological polar surface area (TPSA) is 77.7 Å². The predicted molar refractivity (Wildman–Crippen MR) is 140 cm³/mol. The summed E-state index contributed by atoms with van der Waals surface area (Å²) in [4.78, 5) is 6.88. The lowest BCUT2D eigenvalue weighted by Crippen LogP contribution is -2.62. The Labute approximate surface area is 219 Å². The lowest BCUT2D eigenvalue weighted by atomic mass is 9.53. The molecule has 37 heavy (non-hydrogen) atoms. The molecule has 0 spiro atoms. The first kappa shape index (κ1) is 23.3. The van der Waals surface area contributed by atoms with Gasteiger partial charge in [0.1, 0.15) is 23.1 Å². The van der Waals surface area contributed by atoms with Crippen LogP contribution in [0.1, 0.15) is 50.1 Å². The van der Waals surface area contributed by atoms with Gasteiger partial charge in [-0.05, 0) is 92.8 Å². The van der Waals surface area contributed by atoms with E-state index < -0.39 is 11.6 Å². The zero-order chi connectivity index (χ0) is 25.3. The molecule has 1 aromatic carbocycles. The molecule has 7 nitrogen and oxygen atoms in total. The molecule has 8 rings (SSSR count). The van der Waals surface area contributed by atoms with E-state index in [0.29, 0.717) is 46.2 Å². The molecule has 3 N–H and O–H groups in total. The summed E-state index contributed by atoms with van der Waals surface area (Å²) in [6, 6.07) is 5.37. The van der Waals surface area contributed by atoms with E-state index in [1.54, 1.807) is 10.7 Å². The lowest BCUT2D eigenvalue weighted by Gasteiger charge is -2.57. The Bertz CT molecular complexity index is 1370. The van der Waals surface area contributed by atoms with Crippen LogP contribution >= 0.6 is 12.2 Å². The van der Waals surface area contributed by atoms with Gasteiger partial charge >= 0.3 is 0 Å². The fourth-order valence-corrected chi connectivity index (χ4v) is 7.90. The Morgan fingerprint density at radius 2 is 1.97 bits per heavy atom. The van der Waals surface area contributed by atoms with E-state index in [-0.39, 0.29) is 24.1 Å². The van der Waals surface area contributed by atoms with Gasteiger partial charge in [0.25, 0.3) is 0 Å². The SMILES string of the molecule is OC1C2CC3CC(C2)C(NC(=S)Nc2cnn4ccc(N5CCC[C@@H]5c5cc(F)ccc5F)nc24)C1C3. The molecular weight excluding hydrogens is 494 g/mol. The number of fused-ring (bicyclic) bond motifs is 1. The number of halogens is 2. The molecule has 0 radical (unpaired) electrons. The number of anilines is 2. The third-order valence-electron chi connectivity index (χ3n) is 9.14. The van der Waals surface area contributed by atoms with E-state index in [2.05, 4.69) is 15.7 Å². The van der Waals surface area contributed by atoms with Crippen LogP contribution in [0.5, 0.6) is 0 Å². The lowest BCUT2D eigenvalue weighted by molar-refractivity contribution is -0.108. The molecule has 5 fully saturated rings. The molecule has 3 aromatic rings. The zero-order valence-corrected chi connectivity index (χ0v) is 21.2. The molecule has 4 bridgehead atoms. The van der Waals surface area contributed by atoms with Crippen LogP contribution in [-0.2, 0) is 0 Å². The summed E-state index contributed by atoms with van der Waals surface area (Å²) < 4.78 is 30.2. The minimum absolute atomic E-state index is 0.180. The number of thiocarbonyl (C=S) groups is 1. The molecule has 6 unspecified atom stereocenters. The number of hydrogen-bond donors (Lipinski definition) is 3. The summed E-state index contributed by atoms with van der Waals surface area (Å²) in [5, 5.41) is 22.5. The van der Waals surface area contributed by atoms with Gasteiger partial charge in [0, 0.05) is 30.3 Å². The molecule has 1 aliphatic heterocycles. The highest BCUT2D eigenvalue weighted by molar-refractivity contribution is 7.80. The number of benzene rings is 1. The summed E-state index contributed by atoms with van der Waals surface area (Å²) in [6.07, 6.45) is 9.38. The summed E-state index contributed by atoms with van der Waals surface area (Å²) in [5.74, 6) is 1.83. The van der Waals surface area contributed by atoms with Crippen LogP contribution in [0.15, 0.2) is 36.7 Å². The molecule has 7 atom stereocenters. The maximum atomic E-state index is 14.6. The fourth-order valence-electron chi connectivity index (χ4n) is 7.66. The number of hydrogen-bond acceptors (Lipinski definition) is 5. The Balaban J connectivity index is 1.11. The third kappa shape index (κ3) is 3.96. The van der Waals surface area contributed by atoms with E-state index in [0.717, 1.165) is 37.7 Å². The van der Waals surface area contributed by atoms with Crippen molar-refractivity contribution >= 4 is 34.5 Å². The zero-order valence-electron chi connectivity index (χ0n) is 20.4. The second-order valence-corrected chi connectivity index (χ2v) is 11.6. The monoisotopic (exact) mass is 524 g/mol. The van der Waals surface area contributed by atoms with Crippen LogP contribution < -0.4 is 15.5 Å². The van der Waals surface area contributed by atoms with E-state index in [1.807, 2.05) is 17.2 Å². The molecule has 2 aromatic heterocycles. The number of nitrogens with zero attached hydrogens (tertiary/aromatic N) is 4. The summed E-state index contributed by atoms with van der Waals surface area (Å²) in [6.45, 7) is 0.704. The van der Waals surface area contributed by atoms with Gasteiger partial charge < -0.3 is 20.6 Å². The van der Waals surface area contributed by atoms with Crippen LogP contribution in [0.4, 0.5) is 20.3 Å². The van der Waals surface area contributed by atoms with E-state index >= 15 is 0 Å². The first-order valence-corrected chi connectivity index (χ1v) is 13.7. The van der Waals surface area contributed by atoms with Crippen molar-refractivity contribution in [3.05, 3.63) is 53.9 Å². The summed E-state index contributed by atoms with van der Waals surface area (Å²) in [7, 11) is 0. The summed E-state index contributed by atoms with van der Waals surface area (Å²) >= 11 is 5.70. The second kappa shape index (κ2) is 8.87. The smallest absolute Gasteiger partial charge is 0.180 e. The first-order chi connectivity index (χ1) is 17.9.